The minimum absolute atomic E-state index is 0.0296. The van der Waals surface area contributed by atoms with Crippen molar-refractivity contribution in [3.8, 4) is 0 Å². The number of nitrogens with zero attached hydrogens (tertiary/aromatic N) is 3. The minimum Gasteiger partial charge on any atom is -0.477 e. The molecule has 162 valence electrons. The highest BCUT2D eigenvalue weighted by Crippen LogP contribution is 2.43. The predicted molar refractivity (Wildman–Crippen MR) is 114 cm³/mol. The number of benzene rings is 1. The normalized spacial score (nSPS) is 18.8. The van der Waals surface area contributed by atoms with Crippen LogP contribution in [0.4, 0.5) is 26.0 Å². The maximum Gasteiger partial charge on any atom is 0.341 e. The lowest BCUT2D eigenvalue weighted by Crippen LogP contribution is -2.26. The molecule has 2 aliphatic rings. The van der Waals surface area contributed by atoms with Crippen molar-refractivity contribution < 1.29 is 18.7 Å². The van der Waals surface area contributed by atoms with Gasteiger partial charge in [-0.25, -0.2) is 18.6 Å². The molecule has 2 aromatic heterocycles. The predicted octanol–water partition coefficient (Wildman–Crippen LogP) is 2.93. The van der Waals surface area contributed by atoms with Gasteiger partial charge >= 0.3 is 5.97 Å². The second kappa shape index (κ2) is 6.91. The van der Waals surface area contributed by atoms with E-state index < -0.39 is 39.7 Å². The van der Waals surface area contributed by atoms with Gasteiger partial charge in [-0.1, -0.05) is 0 Å². The molecule has 1 aromatic carbocycles. The van der Waals surface area contributed by atoms with E-state index in [4.69, 9.17) is 11.5 Å². The molecule has 31 heavy (non-hydrogen) atoms. The summed E-state index contributed by atoms with van der Waals surface area (Å²) in [6.07, 6.45) is 3.19. The van der Waals surface area contributed by atoms with Gasteiger partial charge in [-0.05, 0) is 19.3 Å². The fourth-order valence-corrected chi connectivity index (χ4v) is 5.11. The fourth-order valence-electron chi connectivity index (χ4n) is 4.28. The zero-order valence-corrected chi connectivity index (χ0v) is 17.1. The molecule has 1 saturated heterocycles. The van der Waals surface area contributed by atoms with Crippen LogP contribution in [0.15, 0.2) is 16.4 Å². The lowest BCUT2D eigenvalue weighted by Gasteiger charge is -2.23. The molecule has 5 rings (SSSR count). The lowest BCUT2D eigenvalue weighted by atomic mass is 10.1. The van der Waals surface area contributed by atoms with Crippen molar-refractivity contribution in [2.45, 2.75) is 31.2 Å². The van der Waals surface area contributed by atoms with Gasteiger partial charge in [-0.3, -0.25) is 4.79 Å². The monoisotopic (exact) mass is 447 g/mol. The number of aromatic carboxylic acids is 1. The van der Waals surface area contributed by atoms with E-state index in [1.165, 1.54) is 15.9 Å². The zero-order valence-electron chi connectivity index (χ0n) is 16.3. The second-order valence-corrected chi connectivity index (χ2v) is 8.86. The van der Waals surface area contributed by atoms with E-state index in [0.29, 0.717) is 38.2 Å². The highest BCUT2D eigenvalue weighted by Gasteiger charge is 2.35. The van der Waals surface area contributed by atoms with Gasteiger partial charge in [0.2, 0.25) is 5.43 Å². The molecule has 5 N–H and O–H groups in total. The summed E-state index contributed by atoms with van der Waals surface area (Å²) in [5, 5.41) is 11.5. The van der Waals surface area contributed by atoms with E-state index in [9.17, 15) is 14.7 Å². The van der Waals surface area contributed by atoms with Crippen molar-refractivity contribution in [3.63, 3.8) is 0 Å². The highest BCUT2D eigenvalue weighted by atomic mass is 32.1. The van der Waals surface area contributed by atoms with Crippen LogP contribution in [-0.4, -0.2) is 33.7 Å². The number of hydrogen-bond donors (Lipinski definition) is 3. The number of nitrogens with two attached hydrogens (primary N) is 2. The third kappa shape index (κ3) is 3.02. The molecule has 2 fully saturated rings. The summed E-state index contributed by atoms with van der Waals surface area (Å²) in [4.78, 5) is 30.1. The van der Waals surface area contributed by atoms with Crippen LogP contribution >= 0.6 is 11.3 Å². The molecule has 1 saturated carbocycles. The number of carboxylic acid groups (broad SMARTS) is 1. The van der Waals surface area contributed by atoms with E-state index in [-0.39, 0.29) is 23.2 Å². The number of halogens is 2. The van der Waals surface area contributed by atoms with Gasteiger partial charge in [-0.15, -0.1) is 11.3 Å². The Kier molecular flexibility index (Phi) is 4.40. The van der Waals surface area contributed by atoms with Crippen LogP contribution in [0.25, 0.3) is 10.9 Å². The molecule has 8 nitrogen and oxygen atoms in total. The molecule has 3 heterocycles. The second-order valence-electron chi connectivity index (χ2n) is 7.97. The van der Waals surface area contributed by atoms with Crippen LogP contribution in [0.5, 0.6) is 0 Å². The first-order chi connectivity index (χ1) is 14.8. The van der Waals surface area contributed by atoms with Gasteiger partial charge < -0.3 is 26.0 Å². The first kappa shape index (κ1) is 19.7. The molecular formula is C20H19F2N5O3S. The van der Waals surface area contributed by atoms with Crippen molar-refractivity contribution in [2.24, 2.45) is 0 Å². The van der Waals surface area contributed by atoms with Gasteiger partial charge in [0, 0.05) is 36.6 Å². The SMILES string of the molecule is Nc1csc(C2CCN(c3c(F)c(N)c4c(=O)c(C(=O)O)cn(C5CC5)c4c3F)C2)n1. The number of nitrogen functional groups attached to an aromatic ring is 2. The average molecular weight is 447 g/mol. The maximum atomic E-state index is 15.8. The fraction of sp³-hybridized carbons (Fsp3) is 0.350. The summed E-state index contributed by atoms with van der Waals surface area (Å²) in [7, 11) is 0. The number of rotatable bonds is 4. The number of carboxylic acids is 1. The Bertz CT molecular complexity index is 1300. The Morgan fingerprint density at radius 1 is 1.23 bits per heavy atom. The summed E-state index contributed by atoms with van der Waals surface area (Å²) >= 11 is 1.40. The number of pyridine rings is 1. The van der Waals surface area contributed by atoms with Gasteiger partial charge in [0.25, 0.3) is 0 Å². The molecule has 1 atom stereocenters. The number of thiazole rings is 1. The van der Waals surface area contributed by atoms with Crippen LogP contribution in [0, 0.1) is 11.6 Å². The van der Waals surface area contributed by atoms with Crippen LogP contribution in [0.2, 0.25) is 0 Å². The molecule has 3 aromatic rings. The van der Waals surface area contributed by atoms with Gasteiger partial charge in [0.15, 0.2) is 11.6 Å². The highest BCUT2D eigenvalue weighted by molar-refractivity contribution is 7.10. The van der Waals surface area contributed by atoms with E-state index in [1.807, 2.05) is 0 Å². The van der Waals surface area contributed by atoms with Crippen LogP contribution in [-0.2, 0) is 0 Å². The van der Waals surface area contributed by atoms with Gasteiger partial charge in [0.1, 0.15) is 17.1 Å². The third-order valence-electron chi connectivity index (χ3n) is 5.93. The first-order valence-corrected chi connectivity index (χ1v) is 10.7. The number of carbonyl (C=O) groups is 1. The molecule has 1 unspecified atom stereocenters. The minimum atomic E-state index is -1.46. The van der Waals surface area contributed by atoms with Crippen LogP contribution < -0.4 is 21.8 Å². The number of aromatic nitrogens is 2. The Balaban J connectivity index is 1.68. The Morgan fingerprint density at radius 2 is 1.97 bits per heavy atom. The van der Waals surface area contributed by atoms with Crippen molar-refractivity contribution in [1.29, 1.82) is 0 Å². The summed E-state index contributed by atoms with van der Waals surface area (Å²) in [6, 6.07) is -0.155. The molecule has 0 radical (unpaired) electrons. The van der Waals surface area contributed by atoms with E-state index in [2.05, 4.69) is 4.98 Å². The molecule has 0 spiro atoms. The molecule has 11 heteroatoms. The summed E-state index contributed by atoms with van der Waals surface area (Å²) < 4.78 is 32.5. The van der Waals surface area contributed by atoms with Crippen molar-refractivity contribution >= 4 is 45.4 Å². The molecule has 0 bridgehead atoms. The van der Waals surface area contributed by atoms with Crippen molar-refractivity contribution in [3.05, 3.63) is 44.0 Å². The number of fused-ring (bicyclic) bond motifs is 1. The average Bonchev–Trinajstić information content (AvgIpc) is 3.30. The molecule has 1 aliphatic heterocycles. The maximum absolute atomic E-state index is 15.8. The zero-order chi connectivity index (χ0) is 22.0. The van der Waals surface area contributed by atoms with Crippen LogP contribution in [0.1, 0.15) is 46.6 Å². The molecule has 1 aliphatic carbocycles. The lowest BCUT2D eigenvalue weighted by molar-refractivity contribution is 0.0695. The summed E-state index contributed by atoms with van der Waals surface area (Å²) in [6.45, 7) is 0.705. The molecule has 0 amide bonds. The van der Waals surface area contributed by atoms with Gasteiger partial charge in [-0.2, -0.15) is 0 Å². The van der Waals surface area contributed by atoms with E-state index in [0.717, 1.165) is 11.2 Å². The number of hydrogen-bond acceptors (Lipinski definition) is 7. The smallest absolute Gasteiger partial charge is 0.341 e. The molecular weight excluding hydrogens is 428 g/mol. The van der Waals surface area contributed by atoms with Gasteiger partial charge in [0.05, 0.1) is 21.6 Å². The summed E-state index contributed by atoms with van der Waals surface area (Å²) in [5.74, 6) is -3.03. The Morgan fingerprint density at radius 3 is 2.58 bits per heavy atom. The van der Waals surface area contributed by atoms with E-state index in [1.54, 1.807) is 10.3 Å². The Labute approximate surface area is 178 Å². The van der Waals surface area contributed by atoms with E-state index >= 15 is 8.78 Å². The number of anilines is 3. The summed E-state index contributed by atoms with van der Waals surface area (Å²) in [5.41, 5.74) is 9.14. The quantitative estimate of drug-likeness (QED) is 0.525. The largest absolute Gasteiger partial charge is 0.477 e. The van der Waals surface area contributed by atoms with Crippen molar-refractivity contribution in [2.75, 3.05) is 29.5 Å². The van der Waals surface area contributed by atoms with Crippen LogP contribution in [0.3, 0.4) is 0 Å². The topological polar surface area (TPSA) is 127 Å². The van der Waals surface area contributed by atoms with Crippen molar-refractivity contribution in [1.82, 2.24) is 9.55 Å². The Hall–Kier alpha value is -3.21. The standard InChI is InChI=1S/C20H19F2N5O3S/c21-13-15(24)12-16(27(9-1-2-9)6-10(18(12)28)20(29)30)14(22)17(13)26-4-3-8(5-26)19-25-11(23)7-31-19/h6-9H,1-5,23-24H2,(H,29,30). The first-order valence-electron chi connectivity index (χ1n) is 9.82. The third-order valence-corrected chi connectivity index (χ3v) is 6.95.